The molecule has 3 rings (SSSR count). The lowest BCUT2D eigenvalue weighted by molar-refractivity contribution is -0.122. The fourth-order valence-electron chi connectivity index (χ4n) is 2.38. The van der Waals surface area contributed by atoms with Crippen molar-refractivity contribution in [1.29, 1.82) is 0 Å². The van der Waals surface area contributed by atoms with E-state index in [1.54, 1.807) is 12.1 Å². The lowest BCUT2D eigenvalue weighted by Crippen LogP contribution is -2.28. The van der Waals surface area contributed by atoms with Gasteiger partial charge in [0, 0.05) is 25.2 Å². The maximum Gasteiger partial charge on any atom is 0.228 e. The monoisotopic (exact) mass is 334 g/mol. The van der Waals surface area contributed by atoms with Crippen molar-refractivity contribution in [2.75, 3.05) is 23.8 Å². The van der Waals surface area contributed by atoms with E-state index in [1.165, 1.54) is 6.07 Å². The second-order valence-electron chi connectivity index (χ2n) is 5.43. The largest absolute Gasteiger partial charge is 0.381 e. The van der Waals surface area contributed by atoms with Gasteiger partial charge in [0.15, 0.2) is 11.6 Å². The molecule has 1 aliphatic rings. The normalized spacial score (nSPS) is 15.1. The van der Waals surface area contributed by atoms with Gasteiger partial charge < -0.3 is 15.4 Å². The van der Waals surface area contributed by atoms with Gasteiger partial charge in [-0.3, -0.25) is 4.79 Å². The highest BCUT2D eigenvalue weighted by molar-refractivity contribution is 5.91. The number of nitrogens with zero attached hydrogens (tertiary/aromatic N) is 2. The van der Waals surface area contributed by atoms with Crippen molar-refractivity contribution < 1.29 is 18.3 Å². The first-order valence-corrected chi connectivity index (χ1v) is 7.56. The summed E-state index contributed by atoms with van der Waals surface area (Å²) in [4.78, 5) is 12.1. The summed E-state index contributed by atoms with van der Waals surface area (Å²) in [6.45, 7) is 1.16. The van der Waals surface area contributed by atoms with Crippen molar-refractivity contribution >= 4 is 23.2 Å². The van der Waals surface area contributed by atoms with Gasteiger partial charge in [-0.25, -0.2) is 8.78 Å². The molecule has 6 nitrogen and oxygen atoms in total. The van der Waals surface area contributed by atoms with E-state index in [-0.39, 0.29) is 23.3 Å². The molecule has 0 unspecified atom stereocenters. The molecule has 2 heterocycles. The Labute approximate surface area is 137 Å². The molecule has 0 radical (unpaired) electrons. The molecule has 2 N–H and O–H groups in total. The number of ether oxygens (including phenoxy) is 1. The summed E-state index contributed by atoms with van der Waals surface area (Å²) in [5.41, 5.74) is 0.0877. The molecular weight excluding hydrogens is 318 g/mol. The zero-order valence-electron chi connectivity index (χ0n) is 12.8. The Morgan fingerprint density at radius 1 is 1.08 bits per heavy atom. The van der Waals surface area contributed by atoms with Crippen molar-refractivity contribution in [2.45, 2.75) is 12.8 Å². The fourth-order valence-corrected chi connectivity index (χ4v) is 2.38. The third kappa shape index (κ3) is 4.02. The second-order valence-corrected chi connectivity index (χ2v) is 5.43. The fraction of sp³-hybridized carbons (Fsp3) is 0.312. The zero-order valence-corrected chi connectivity index (χ0v) is 12.8. The summed E-state index contributed by atoms with van der Waals surface area (Å²) in [6.07, 6.45) is 1.37. The van der Waals surface area contributed by atoms with Crippen LogP contribution in [0.4, 0.5) is 26.1 Å². The molecule has 0 atom stereocenters. The zero-order chi connectivity index (χ0) is 16.9. The Bertz CT molecular complexity index is 719. The van der Waals surface area contributed by atoms with Gasteiger partial charge in [-0.05, 0) is 37.1 Å². The molecule has 0 spiro atoms. The smallest absolute Gasteiger partial charge is 0.228 e. The first-order valence-electron chi connectivity index (χ1n) is 7.56. The minimum absolute atomic E-state index is 0.0877. The predicted molar refractivity (Wildman–Crippen MR) is 83.8 cm³/mol. The molecule has 0 aliphatic carbocycles. The molecular formula is C16H16F2N4O2. The van der Waals surface area contributed by atoms with E-state index in [4.69, 9.17) is 4.74 Å². The van der Waals surface area contributed by atoms with Crippen LogP contribution in [0.25, 0.3) is 0 Å². The number of aromatic nitrogens is 2. The lowest BCUT2D eigenvalue weighted by atomic mass is 9.99. The van der Waals surface area contributed by atoms with Gasteiger partial charge in [-0.15, -0.1) is 10.2 Å². The molecule has 0 bridgehead atoms. The van der Waals surface area contributed by atoms with E-state index in [1.807, 2.05) is 0 Å². The van der Waals surface area contributed by atoms with E-state index in [0.29, 0.717) is 31.9 Å². The van der Waals surface area contributed by atoms with Crippen LogP contribution in [0, 0.1) is 17.6 Å². The summed E-state index contributed by atoms with van der Waals surface area (Å²) in [5.74, 6) is -0.991. The SMILES string of the molecule is O=C(Nc1ccc(Nc2ccc(F)cc2F)nn1)C1CCOCC1. The van der Waals surface area contributed by atoms with Crippen molar-refractivity contribution in [1.82, 2.24) is 10.2 Å². The highest BCUT2D eigenvalue weighted by Crippen LogP contribution is 2.20. The molecule has 1 amide bonds. The predicted octanol–water partition coefficient (Wildman–Crippen LogP) is 2.86. The van der Waals surface area contributed by atoms with Crippen LogP contribution in [-0.4, -0.2) is 29.3 Å². The van der Waals surface area contributed by atoms with Gasteiger partial charge in [-0.2, -0.15) is 0 Å². The molecule has 1 aromatic heterocycles. The number of carbonyl (C=O) groups is 1. The van der Waals surface area contributed by atoms with Crippen LogP contribution >= 0.6 is 0 Å². The van der Waals surface area contributed by atoms with E-state index in [9.17, 15) is 13.6 Å². The van der Waals surface area contributed by atoms with Gasteiger partial charge >= 0.3 is 0 Å². The summed E-state index contributed by atoms with van der Waals surface area (Å²) >= 11 is 0. The van der Waals surface area contributed by atoms with Crippen molar-refractivity contribution in [3.63, 3.8) is 0 Å². The Hall–Kier alpha value is -2.61. The molecule has 126 valence electrons. The van der Waals surface area contributed by atoms with Crippen molar-refractivity contribution in [3.8, 4) is 0 Å². The molecule has 8 heteroatoms. The van der Waals surface area contributed by atoms with Crippen LogP contribution in [0.3, 0.4) is 0 Å². The van der Waals surface area contributed by atoms with Crippen LogP contribution in [0.1, 0.15) is 12.8 Å². The Balaban J connectivity index is 1.61. The van der Waals surface area contributed by atoms with E-state index in [0.717, 1.165) is 12.1 Å². The standard InChI is InChI=1S/C16H16F2N4O2/c17-11-1-2-13(12(18)9-11)19-14-3-4-15(22-21-14)20-16(23)10-5-7-24-8-6-10/h1-4,9-10H,5-8H2,(H,19,21)(H,20,22,23). The summed E-state index contributed by atoms with van der Waals surface area (Å²) in [6, 6.07) is 6.30. The highest BCUT2D eigenvalue weighted by atomic mass is 19.1. The van der Waals surface area contributed by atoms with Crippen LogP contribution in [0.15, 0.2) is 30.3 Å². The van der Waals surface area contributed by atoms with Crippen molar-refractivity contribution in [3.05, 3.63) is 42.0 Å². The molecule has 1 aliphatic heterocycles. The number of rotatable bonds is 4. The Morgan fingerprint density at radius 2 is 1.79 bits per heavy atom. The van der Waals surface area contributed by atoms with Gasteiger partial charge in [0.1, 0.15) is 11.6 Å². The summed E-state index contributed by atoms with van der Waals surface area (Å²) in [5, 5.41) is 13.2. The Kier molecular flexibility index (Phi) is 4.95. The third-order valence-corrected chi connectivity index (χ3v) is 3.70. The van der Waals surface area contributed by atoms with Gasteiger partial charge in [-0.1, -0.05) is 0 Å². The molecule has 1 aromatic carbocycles. The van der Waals surface area contributed by atoms with Crippen LogP contribution in [0.5, 0.6) is 0 Å². The van der Waals surface area contributed by atoms with Crippen LogP contribution < -0.4 is 10.6 Å². The van der Waals surface area contributed by atoms with Gasteiger partial charge in [0.2, 0.25) is 5.91 Å². The second kappa shape index (κ2) is 7.31. The summed E-state index contributed by atoms with van der Waals surface area (Å²) < 4.78 is 31.7. The molecule has 2 aromatic rings. The molecule has 1 fully saturated rings. The number of benzene rings is 1. The van der Waals surface area contributed by atoms with Crippen molar-refractivity contribution in [2.24, 2.45) is 5.92 Å². The molecule has 0 saturated carbocycles. The lowest BCUT2D eigenvalue weighted by Gasteiger charge is -2.20. The topological polar surface area (TPSA) is 76.1 Å². The first-order chi connectivity index (χ1) is 11.6. The number of amides is 1. The van der Waals surface area contributed by atoms with Crippen LogP contribution in [-0.2, 0) is 9.53 Å². The maximum atomic E-state index is 13.6. The average molecular weight is 334 g/mol. The third-order valence-electron chi connectivity index (χ3n) is 3.70. The maximum absolute atomic E-state index is 13.6. The van der Waals surface area contributed by atoms with E-state index < -0.39 is 11.6 Å². The molecule has 24 heavy (non-hydrogen) atoms. The van der Waals surface area contributed by atoms with E-state index >= 15 is 0 Å². The number of hydrogen-bond acceptors (Lipinski definition) is 5. The Morgan fingerprint density at radius 3 is 2.46 bits per heavy atom. The minimum atomic E-state index is -0.728. The summed E-state index contributed by atoms with van der Waals surface area (Å²) in [7, 11) is 0. The van der Waals surface area contributed by atoms with Gasteiger partial charge in [0.05, 0.1) is 5.69 Å². The average Bonchev–Trinajstić information content (AvgIpc) is 2.60. The highest BCUT2D eigenvalue weighted by Gasteiger charge is 2.21. The number of nitrogens with one attached hydrogen (secondary N) is 2. The van der Waals surface area contributed by atoms with Crippen LogP contribution in [0.2, 0.25) is 0 Å². The van der Waals surface area contributed by atoms with Gasteiger partial charge in [0.25, 0.3) is 0 Å². The number of halogens is 2. The number of carbonyl (C=O) groups excluding carboxylic acids is 1. The first kappa shape index (κ1) is 16.3. The van der Waals surface area contributed by atoms with E-state index in [2.05, 4.69) is 20.8 Å². The number of hydrogen-bond donors (Lipinski definition) is 2. The number of anilines is 3. The quantitative estimate of drug-likeness (QED) is 0.899. The minimum Gasteiger partial charge on any atom is -0.381 e. The molecule has 1 saturated heterocycles.